The van der Waals surface area contributed by atoms with Crippen molar-refractivity contribution in [1.29, 1.82) is 0 Å². The molecule has 2 aromatic rings. The molecule has 5 nitrogen and oxygen atoms in total. The van der Waals surface area contributed by atoms with Crippen LogP contribution in [-0.4, -0.2) is 49.0 Å². The van der Waals surface area contributed by atoms with E-state index in [1.54, 1.807) is 6.07 Å². The molecule has 0 bridgehead atoms. The van der Waals surface area contributed by atoms with Crippen LogP contribution in [0.1, 0.15) is 11.1 Å². The molecule has 0 aromatic heterocycles. The summed E-state index contributed by atoms with van der Waals surface area (Å²) in [6.07, 6.45) is 2.54. The number of thiocarbonyl (C=S) groups is 1. The molecule has 0 aliphatic carbocycles. The minimum Gasteiger partial charge on any atom is -0.375 e. The van der Waals surface area contributed by atoms with Gasteiger partial charge in [-0.2, -0.15) is 5.10 Å². The number of anilines is 1. The highest BCUT2D eigenvalue weighted by Crippen LogP contribution is 2.21. The molecule has 0 spiro atoms. The topological polar surface area (TPSA) is 56.9 Å². The lowest BCUT2D eigenvalue weighted by molar-refractivity contribution is 0.260. The van der Waals surface area contributed by atoms with Crippen LogP contribution in [0.15, 0.2) is 53.6 Å². The van der Waals surface area contributed by atoms with E-state index < -0.39 is 0 Å². The minimum atomic E-state index is -0.244. The second kappa shape index (κ2) is 9.43. The Kier molecular flexibility index (Phi) is 6.73. The van der Waals surface area contributed by atoms with Gasteiger partial charge in [-0.15, -0.1) is 0 Å². The van der Waals surface area contributed by atoms with Crippen molar-refractivity contribution in [2.24, 2.45) is 10.8 Å². The number of nitrogens with two attached hydrogens (primary N) is 1. The van der Waals surface area contributed by atoms with Crippen molar-refractivity contribution in [3.8, 4) is 0 Å². The minimum absolute atomic E-state index is 0.0773. The van der Waals surface area contributed by atoms with Crippen molar-refractivity contribution >= 4 is 29.2 Å². The molecule has 1 heterocycles. The Hall–Kier alpha value is -2.51. The van der Waals surface area contributed by atoms with Gasteiger partial charge in [0.2, 0.25) is 0 Å². The summed E-state index contributed by atoms with van der Waals surface area (Å²) in [6, 6.07) is 15.6. The Morgan fingerprint density at radius 3 is 2.56 bits per heavy atom. The van der Waals surface area contributed by atoms with Crippen LogP contribution in [0.2, 0.25) is 0 Å². The van der Waals surface area contributed by atoms with E-state index in [2.05, 4.69) is 56.8 Å². The lowest BCUT2D eigenvalue weighted by atomic mass is 10.1. The maximum absolute atomic E-state index is 14.5. The Labute approximate surface area is 164 Å². The molecule has 1 aliphatic heterocycles. The average Bonchev–Trinajstić information content (AvgIpc) is 2.68. The normalized spacial score (nSPS) is 15.2. The monoisotopic (exact) mass is 385 g/mol. The van der Waals surface area contributed by atoms with E-state index in [-0.39, 0.29) is 10.9 Å². The quantitative estimate of drug-likeness (QED) is 0.454. The summed E-state index contributed by atoms with van der Waals surface area (Å²) >= 11 is 4.67. The summed E-state index contributed by atoms with van der Waals surface area (Å²) < 4.78 is 14.5. The van der Waals surface area contributed by atoms with Gasteiger partial charge >= 0.3 is 0 Å². The number of nitrogens with one attached hydrogen (secondary N) is 1. The summed E-state index contributed by atoms with van der Waals surface area (Å²) in [4.78, 5) is 4.53. The van der Waals surface area contributed by atoms with Crippen molar-refractivity contribution in [2.75, 3.05) is 37.6 Å². The maximum atomic E-state index is 14.5. The molecule has 0 unspecified atom stereocenters. The van der Waals surface area contributed by atoms with Crippen molar-refractivity contribution in [3.63, 3.8) is 0 Å². The summed E-state index contributed by atoms with van der Waals surface area (Å²) in [7, 11) is 0. The lowest BCUT2D eigenvalue weighted by Gasteiger charge is -2.36. The van der Waals surface area contributed by atoms with Gasteiger partial charge in [-0.25, -0.2) is 4.39 Å². The molecule has 1 aliphatic rings. The Bertz CT molecular complexity index is 788. The van der Waals surface area contributed by atoms with Gasteiger partial charge in [0.1, 0.15) is 5.82 Å². The molecule has 0 atom stereocenters. The summed E-state index contributed by atoms with van der Waals surface area (Å²) in [5.41, 5.74) is 10.4. The molecule has 0 saturated carbocycles. The fourth-order valence-corrected chi connectivity index (χ4v) is 3.23. The van der Waals surface area contributed by atoms with Crippen LogP contribution in [0.5, 0.6) is 0 Å². The van der Waals surface area contributed by atoms with Crippen LogP contribution in [0, 0.1) is 5.82 Å². The predicted molar refractivity (Wildman–Crippen MR) is 113 cm³/mol. The van der Waals surface area contributed by atoms with Crippen LogP contribution >= 0.6 is 12.2 Å². The van der Waals surface area contributed by atoms with E-state index in [0.29, 0.717) is 11.3 Å². The van der Waals surface area contributed by atoms with Gasteiger partial charge in [0.05, 0.1) is 11.9 Å². The molecule has 27 heavy (non-hydrogen) atoms. The smallest absolute Gasteiger partial charge is 0.184 e. The molecule has 142 valence electrons. The molecular formula is C20H24FN5S. The number of rotatable bonds is 6. The number of benzene rings is 2. The molecule has 1 fully saturated rings. The van der Waals surface area contributed by atoms with Crippen molar-refractivity contribution < 1.29 is 4.39 Å². The van der Waals surface area contributed by atoms with Crippen LogP contribution in [0.3, 0.4) is 0 Å². The zero-order valence-corrected chi connectivity index (χ0v) is 16.0. The lowest BCUT2D eigenvalue weighted by Crippen LogP contribution is -2.47. The number of hydrogen-bond acceptors (Lipinski definition) is 4. The third-order valence-electron chi connectivity index (χ3n) is 4.63. The number of hydrogen-bond donors (Lipinski definition) is 2. The zero-order chi connectivity index (χ0) is 19.1. The molecule has 2 aromatic carbocycles. The predicted octanol–water partition coefficient (Wildman–Crippen LogP) is 2.36. The number of hydrazone groups is 1. The fraction of sp³-hybridized carbons (Fsp3) is 0.300. The first-order valence-electron chi connectivity index (χ1n) is 9.01. The van der Waals surface area contributed by atoms with Gasteiger partial charge in [0, 0.05) is 32.7 Å². The van der Waals surface area contributed by atoms with Gasteiger partial charge < -0.3 is 10.6 Å². The number of piperazine rings is 1. The number of halogens is 1. The van der Waals surface area contributed by atoms with Gasteiger partial charge in [-0.1, -0.05) is 36.4 Å². The van der Waals surface area contributed by atoms with Crippen LogP contribution in [-0.2, 0) is 6.42 Å². The summed E-state index contributed by atoms with van der Waals surface area (Å²) in [6.45, 7) is 4.55. The SMILES string of the molecule is NC(=S)NN=Cc1ccc(N2CCN(CCc3ccccc3)CC2)c(F)c1. The van der Waals surface area contributed by atoms with E-state index in [9.17, 15) is 4.39 Å². The van der Waals surface area contributed by atoms with E-state index in [1.807, 2.05) is 12.1 Å². The molecule has 1 saturated heterocycles. The first kappa shape index (κ1) is 19.3. The van der Waals surface area contributed by atoms with Gasteiger partial charge in [-0.3, -0.25) is 10.3 Å². The third kappa shape index (κ3) is 5.74. The molecular weight excluding hydrogens is 361 g/mol. The fourth-order valence-electron chi connectivity index (χ4n) is 3.17. The Morgan fingerprint density at radius 1 is 1.15 bits per heavy atom. The van der Waals surface area contributed by atoms with Gasteiger partial charge in [0.25, 0.3) is 0 Å². The molecule has 3 N–H and O–H groups in total. The van der Waals surface area contributed by atoms with E-state index in [0.717, 1.165) is 39.1 Å². The second-order valence-corrected chi connectivity index (χ2v) is 6.95. The average molecular weight is 386 g/mol. The Balaban J connectivity index is 1.51. The van der Waals surface area contributed by atoms with Crippen LogP contribution in [0.25, 0.3) is 0 Å². The van der Waals surface area contributed by atoms with Gasteiger partial charge in [0.15, 0.2) is 5.11 Å². The first-order chi connectivity index (χ1) is 13.1. The standard InChI is InChI=1S/C20H24FN5S/c21-18-14-17(15-23-24-20(22)27)6-7-19(18)26-12-10-25(11-13-26)9-8-16-4-2-1-3-5-16/h1-7,14-15H,8-13H2,(H3,22,24,27). The highest BCUT2D eigenvalue weighted by molar-refractivity contribution is 7.80. The first-order valence-corrected chi connectivity index (χ1v) is 9.42. The molecule has 7 heteroatoms. The van der Waals surface area contributed by atoms with Crippen LogP contribution < -0.4 is 16.1 Å². The van der Waals surface area contributed by atoms with Crippen molar-refractivity contribution in [2.45, 2.75) is 6.42 Å². The summed E-state index contributed by atoms with van der Waals surface area (Å²) in [5.74, 6) is -0.244. The molecule has 0 amide bonds. The van der Waals surface area contributed by atoms with Crippen molar-refractivity contribution in [3.05, 3.63) is 65.5 Å². The van der Waals surface area contributed by atoms with E-state index in [1.165, 1.54) is 17.8 Å². The molecule has 0 radical (unpaired) electrons. The summed E-state index contributed by atoms with van der Waals surface area (Å²) in [5, 5.41) is 3.93. The number of nitrogens with zero attached hydrogens (tertiary/aromatic N) is 3. The highest BCUT2D eigenvalue weighted by Gasteiger charge is 2.19. The highest BCUT2D eigenvalue weighted by atomic mass is 32.1. The third-order valence-corrected chi connectivity index (χ3v) is 4.72. The maximum Gasteiger partial charge on any atom is 0.184 e. The van der Waals surface area contributed by atoms with Crippen LogP contribution in [0.4, 0.5) is 10.1 Å². The molecule has 3 rings (SSSR count). The zero-order valence-electron chi connectivity index (χ0n) is 15.1. The van der Waals surface area contributed by atoms with Gasteiger partial charge in [-0.05, 0) is 41.9 Å². The van der Waals surface area contributed by atoms with E-state index >= 15 is 0 Å². The van der Waals surface area contributed by atoms with Crippen molar-refractivity contribution in [1.82, 2.24) is 10.3 Å². The Morgan fingerprint density at radius 2 is 1.89 bits per heavy atom. The second-order valence-electron chi connectivity index (χ2n) is 6.51. The largest absolute Gasteiger partial charge is 0.375 e. The van der Waals surface area contributed by atoms with E-state index in [4.69, 9.17) is 5.73 Å².